The molecule has 3 aromatic carbocycles. The van der Waals surface area contributed by atoms with Gasteiger partial charge in [0.05, 0.1) is 11.6 Å². The number of halogens is 1. The van der Waals surface area contributed by atoms with Crippen LogP contribution in [0.15, 0.2) is 78.9 Å². The van der Waals surface area contributed by atoms with Gasteiger partial charge in [0.1, 0.15) is 5.82 Å². The molecule has 0 heterocycles. The van der Waals surface area contributed by atoms with Crippen molar-refractivity contribution in [2.75, 3.05) is 5.32 Å². The van der Waals surface area contributed by atoms with E-state index >= 15 is 0 Å². The Kier molecular flexibility index (Phi) is 5.61. The molecule has 3 aromatic rings. The van der Waals surface area contributed by atoms with Gasteiger partial charge in [0.25, 0.3) is 11.8 Å². The molecular weight excluding hydrogens is 343 g/mol. The Bertz CT molecular complexity index is 957. The maximum atomic E-state index is 13.7. The molecule has 27 heavy (non-hydrogen) atoms. The first kappa shape index (κ1) is 18.3. The number of carbonyl (C=O) groups is 2. The Morgan fingerprint density at radius 1 is 0.852 bits per heavy atom. The zero-order chi connectivity index (χ0) is 19.2. The molecule has 0 aliphatic heterocycles. The summed E-state index contributed by atoms with van der Waals surface area (Å²) in [5.74, 6) is -1.42. The summed E-state index contributed by atoms with van der Waals surface area (Å²) in [7, 11) is 0. The van der Waals surface area contributed by atoms with E-state index in [0.717, 1.165) is 5.56 Å². The Morgan fingerprint density at radius 3 is 2.30 bits per heavy atom. The van der Waals surface area contributed by atoms with E-state index in [-0.39, 0.29) is 17.5 Å². The van der Waals surface area contributed by atoms with Crippen molar-refractivity contribution in [1.82, 2.24) is 5.32 Å². The van der Waals surface area contributed by atoms with Crippen LogP contribution in [0.3, 0.4) is 0 Å². The second-order valence-corrected chi connectivity index (χ2v) is 6.12. The topological polar surface area (TPSA) is 58.2 Å². The van der Waals surface area contributed by atoms with Crippen molar-refractivity contribution in [3.05, 3.63) is 101 Å². The Morgan fingerprint density at radius 2 is 1.56 bits per heavy atom. The molecule has 3 rings (SSSR count). The van der Waals surface area contributed by atoms with E-state index in [1.54, 1.807) is 30.3 Å². The molecule has 136 valence electrons. The van der Waals surface area contributed by atoms with Crippen LogP contribution in [0, 0.1) is 5.82 Å². The van der Waals surface area contributed by atoms with Crippen molar-refractivity contribution in [2.24, 2.45) is 0 Å². The molecule has 1 atom stereocenters. The molecule has 0 radical (unpaired) electrons. The minimum atomic E-state index is -0.597. The van der Waals surface area contributed by atoms with Crippen LogP contribution < -0.4 is 10.6 Å². The van der Waals surface area contributed by atoms with Crippen LogP contribution in [0.5, 0.6) is 0 Å². The smallest absolute Gasteiger partial charge is 0.258 e. The molecule has 0 aliphatic rings. The maximum Gasteiger partial charge on any atom is 0.258 e. The zero-order valence-corrected chi connectivity index (χ0v) is 14.8. The number of carbonyl (C=O) groups excluding carboxylic acids is 2. The van der Waals surface area contributed by atoms with Gasteiger partial charge in [-0.05, 0) is 42.8 Å². The number of hydrogen-bond donors (Lipinski definition) is 2. The minimum absolute atomic E-state index is 0.0509. The lowest BCUT2D eigenvalue weighted by molar-refractivity contribution is 0.0938. The molecule has 0 fully saturated rings. The summed E-state index contributed by atoms with van der Waals surface area (Å²) in [6.45, 7) is 1.90. The first-order chi connectivity index (χ1) is 13.0. The highest BCUT2D eigenvalue weighted by molar-refractivity contribution is 6.05. The fourth-order valence-corrected chi connectivity index (χ4v) is 2.69. The number of rotatable bonds is 5. The molecule has 1 unspecified atom stereocenters. The number of nitrogens with one attached hydrogen (secondary N) is 2. The SMILES string of the molecule is CC(NC(=O)c1cccc(NC(=O)c2ccccc2F)c1)c1ccccc1. The molecule has 0 spiro atoms. The predicted molar refractivity (Wildman–Crippen MR) is 103 cm³/mol. The fourth-order valence-electron chi connectivity index (χ4n) is 2.69. The average Bonchev–Trinajstić information content (AvgIpc) is 2.69. The summed E-state index contributed by atoms with van der Waals surface area (Å²) in [5.41, 5.74) is 1.77. The van der Waals surface area contributed by atoms with Crippen molar-refractivity contribution < 1.29 is 14.0 Å². The minimum Gasteiger partial charge on any atom is -0.346 e. The lowest BCUT2D eigenvalue weighted by Gasteiger charge is -2.15. The van der Waals surface area contributed by atoms with Crippen LogP contribution in [0.25, 0.3) is 0 Å². The number of hydrogen-bond acceptors (Lipinski definition) is 2. The molecular formula is C22H19FN2O2. The fraction of sp³-hybridized carbons (Fsp3) is 0.0909. The molecule has 0 bridgehead atoms. The lowest BCUT2D eigenvalue weighted by atomic mass is 10.1. The molecule has 0 saturated heterocycles. The molecule has 2 N–H and O–H groups in total. The van der Waals surface area contributed by atoms with E-state index in [0.29, 0.717) is 11.3 Å². The second-order valence-electron chi connectivity index (χ2n) is 6.12. The van der Waals surface area contributed by atoms with Crippen molar-refractivity contribution in [3.8, 4) is 0 Å². The summed E-state index contributed by atoms with van der Waals surface area (Å²) in [6.07, 6.45) is 0. The largest absolute Gasteiger partial charge is 0.346 e. The van der Waals surface area contributed by atoms with Crippen molar-refractivity contribution >= 4 is 17.5 Å². The number of amides is 2. The Balaban J connectivity index is 1.70. The summed E-state index contributed by atoms with van der Waals surface area (Å²) in [5, 5.41) is 5.54. The van der Waals surface area contributed by atoms with E-state index in [1.165, 1.54) is 18.2 Å². The highest BCUT2D eigenvalue weighted by atomic mass is 19.1. The second kappa shape index (κ2) is 8.27. The van der Waals surface area contributed by atoms with Crippen LogP contribution in [-0.4, -0.2) is 11.8 Å². The molecule has 0 aromatic heterocycles. The summed E-state index contributed by atoms with van der Waals surface area (Å²) in [4.78, 5) is 24.7. The van der Waals surface area contributed by atoms with Gasteiger partial charge in [0.2, 0.25) is 0 Å². The van der Waals surface area contributed by atoms with Crippen LogP contribution >= 0.6 is 0 Å². The van der Waals surface area contributed by atoms with E-state index < -0.39 is 11.7 Å². The normalized spacial score (nSPS) is 11.5. The molecule has 0 saturated carbocycles. The third kappa shape index (κ3) is 4.58. The van der Waals surface area contributed by atoms with E-state index in [1.807, 2.05) is 37.3 Å². The molecule has 2 amide bonds. The van der Waals surface area contributed by atoms with Crippen molar-refractivity contribution in [2.45, 2.75) is 13.0 Å². The van der Waals surface area contributed by atoms with Gasteiger partial charge in [0.15, 0.2) is 0 Å². The van der Waals surface area contributed by atoms with Gasteiger partial charge < -0.3 is 10.6 Å². The summed E-state index contributed by atoms with van der Waals surface area (Å²) >= 11 is 0. The van der Waals surface area contributed by atoms with Gasteiger partial charge in [-0.2, -0.15) is 0 Å². The van der Waals surface area contributed by atoms with E-state index in [4.69, 9.17) is 0 Å². The quantitative estimate of drug-likeness (QED) is 0.698. The monoisotopic (exact) mass is 362 g/mol. The molecule has 0 aliphatic carbocycles. The standard InChI is InChI=1S/C22H19FN2O2/c1-15(16-8-3-2-4-9-16)24-21(26)17-10-7-11-18(14-17)25-22(27)19-12-5-6-13-20(19)23/h2-15H,1H3,(H,24,26)(H,25,27). The number of anilines is 1. The zero-order valence-electron chi connectivity index (χ0n) is 14.8. The van der Waals surface area contributed by atoms with Gasteiger partial charge in [-0.3, -0.25) is 9.59 Å². The van der Waals surface area contributed by atoms with Gasteiger partial charge in [-0.15, -0.1) is 0 Å². The molecule has 4 nitrogen and oxygen atoms in total. The lowest BCUT2D eigenvalue weighted by Crippen LogP contribution is -2.26. The van der Waals surface area contributed by atoms with E-state index in [2.05, 4.69) is 10.6 Å². The van der Waals surface area contributed by atoms with Gasteiger partial charge in [-0.25, -0.2) is 4.39 Å². The third-order valence-corrected chi connectivity index (χ3v) is 4.15. The van der Waals surface area contributed by atoms with Gasteiger partial charge in [-0.1, -0.05) is 48.5 Å². The summed E-state index contributed by atoms with van der Waals surface area (Å²) in [6, 6.07) is 21.7. The predicted octanol–water partition coefficient (Wildman–Crippen LogP) is 4.57. The van der Waals surface area contributed by atoms with Crippen LogP contribution in [-0.2, 0) is 0 Å². The first-order valence-electron chi connectivity index (χ1n) is 8.56. The average molecular weight is 362 g/mol. The number of benzene rings is 3. The van der Waals surface area contributed by atoms with Crippen molar-refractivity contribution in [1.29, 1.82) is 0 Å². The van der Waals surface area contributed by atoms with E-state index in [9.17, 15) is 14.0 Å². The summed E-state index contributed by atoms with van der Waals surface area (Å²) < 4.78 is 13.7. The van der Waals surface area contributed by atoms with Crippen molar-refractivity contribution in [3.63, 3.8) is 0 Å². The first-order valence-corrected chi connectivity index (χ1v) is 8.56. The third-order valence-electron chi connectivity index (χ3n) is 4.15. The van der Waals surface area contributed by atoms with Crippen LogP contribution in [0.1, 0.15) is 39.2 Å². The van der Waals surface area contributed by atoms with Gasteiger partial charge in [0, 0.05) is 11.3 Å². The highest BCUT2D eigenvalue weighted by Gasteiger charge is 2.14. The Labute approximate surface area is 157 Å². The van der Waals surface area contributed by atoms with Crippen LogP contribution in [0.4, 0.5) is 10.1 Å². The molecule has 5 heteroatoms. The highest BCUT2D eigenvalue weighted by Crippen LogP contribution is 2.16. The van der Waals surface area contributed by atoms with Gasteiger partial charge >= 0.3 is 0 Å². The van der Waals surface area contributed by atoms with Crippen LogP contribution in [0.2, 0.25) is 0 Å². The maximum absolute atomic E-state index is 13.7. The Hall–Kier alpha value is -3.47.